The fourth-order valence-corrected chi connectivity index (χ4v) is 4.79. The number of amides is 1. The second-order valence-corrected chi connectivity index (χ2v) is 8.79. The number of hydrogen-bond donors (Lipinski definition) is 2. The zero-order valence-electron chi connectivity index (χ0n) is 17.7. The first-order valence-electron chi connectivity index (χ1n) is 10.3. The highest BCUT2D eigenvalue weighted by molar-refractivity contribution is 7.98. The van der Waals surface area contributed by atoms with Gasteiger partial charge in [-0.1, -0.05) is 59.8 Å². The number of hydrogen-bond acceptors (Lipinski definition) is 6. The lowest BCUT2D eigenvalue weighted by Gasteiger charge is -2.27. The monoisotopic (exact) mass is 477 g/mol. The van der Waals surface area contributed by atoms with Crippen LogP contribution in [0.25, 0.3) is 0 Å². The Bertz CT molecular complexity index is 1320. The molecule has 0 spiro atoms. The number of thioether (sulfide) groups is 1. The molecule has 0 radical (unpaired) electrons. The van der Waals surface area contributed by atoms with Crippen molar-refractivity contribution in [2.75, 3.05) is 10.6 Å². The Morgan fingerprint density at radius 2 is 1.94 bits per heavy atom. The maximum atomic E-state index is 13.3. The van der Waals surface area contributed by atoms with Gasteiger partial charge in [0, 0.05) is 22.2 Å². The number of nitrogens with one attached hydrogen (secondary N) is 2. The van der Waals surface area contributed by atoms with Gasteiger partial charge in [0.05, 0.1) is 11.8 Å². The first-order valence-corrected chi connectivity index (χ1v) is 11.7. The van der Waals surface area contributed by atoms with Gasteiger partial charge in [0.2, 0.25) is 11.1 Å². The van der Waals surface area contributed by atoms with Crippen molar-refractivity contribution >= 4 is 40.9 Å². The van der Waals surface area contributed by atoms with Crippen molar-refractivity contribution in [3.63, 3.8) is 0 Å². The first kappa shape index (κ1) is 21.4. The Kier molecular flexibility index (Phi) is 5.93. The molecule has 5 rings (SSSR count). The van der Waals surface area contributed by atoms with E-state index >= 15 is 0 Å². The molecule has 2 N–H and O–H groups in total. The number of carbonyl (C=O) groups is 1. The molecule has 4 aromatic rings. The lowest BCUT2D eigenvalue weighted by atomic mass is 10.00. The number of anilines is 2. The smallest absolute Gasteiger partial charge is 0.256 e. The molecule has 0 fully saturated rings. The van der Waals surface area contributed by atoms with E-state index in [1.165, 1.54) is 11.8 Å². The minimum Gasteiger partial charge on any atom is -0.467 e. The van der Waals surface area contributed by atoms with E-state index in [4.69, 9.17) is 21.1 Å². The van der Waals surface area contributed by atoms with Crippen LogP contribution in [0, 0.1) is 0 Å². The summed E-state index contributed by atoms with van der Waals surface area (Å²) in [5, 5.41) is 12.2. The van der Waals surface area contributed by atoms with Gasteiger partial charge in [0.1, 0.15) is 11.8 Å². The summed E-state index contributed by atoms with van der Waals surface area (Å²) in [6.45, 7) is 1.85. The fraction of sp³-hybridized carbons (Fsp3) is 0.125. The van der Waals surface area contributed by atoms with Crippen molar-refractivity contribution in [1.29, 1.82) is 0 Å². The van der Waals surface area contributed by atoms with E-state index in [9.17, 15) is 4.79 Å². The quantitative estimate of drug-likeness (QED) is 0.344. The largest absolute Gasteiger partial charge is 0.467 e. The predicted octanol–water partition coefficient (Wildman–Crippen LogP) is 5.74. The molecular formula is C24H20ClN5O2S. The number of rotatable bonds is 6. The van der Waals surface area contributed by atoms with Crippen LogP contribution in [0.4, 0.5) is 11.6 Å². The zero-order chi connectivity index (χ0) is 22.8. The molecule has 1 aliphatic heterocycles. The number of carbonyl (C=O) groups excluding carboxylic acids is 1. The number of furan rings is 1. The molecule has 3 heterocycles. The first-order chi connectivity index (χ1) is 16.1. The Hall–Kier alpha value is -3.49. The molecule has 166 valence electrons. The van der Waals surface area contributed by atoms with Gasteiger partial charge >= 0.3 is 0 Å². The summed E-state index contributed by atoms with van der Waals surface area (Å²) in [7, 11) is 0. The van der Waals surface area contributed by atoms with Crippen molar-refractivity contribution in [2.24, 2.45) is 0 Å². The number of para-hydroxylation sites is 1. The second kappa shape index (κ2) is 9.17. The Balaban J connectivity index is 1.46. The minimum absolute atomic E-state index is 0.237. The topological polar surface area (TPSA) is 85.0 Å². The van der Waals surface area contributed by atoms with Crippen LogP contribution in [0.5, 0.6) is 0 Å². The second-order valence-electron chi connectivity index (χ2n) is 7.44. The van der Waals surface area contributed by atoms with Crippen LogP contribution < -0.4 is 10.6 Å². The Labute approximate surface area is 199 Å². The van der Waals surface area contributed by atoms with Crippen LogP contribution in [0.1, 0.15) is 24.3 Å². The van der Waals surface area contributed by atoms with Gasteiger partial charge in [0.15, 0.2) is 0 Å². The van der Waals surface area contributed by atoms with Gasteiger partial charge in [-0.05, 0) is 42.8 Å². The lowest BCUT2D eigenvalue weighted by molar-refractivity contribution is -0.113. The van der Waals surface area contributed by atoms with E-state index in [-0.39, 0.29) is 5.91 Å². The molecule has 1 unspecified atom stereocenters. The van der Waals surface area contributed by atoms with Gasteiger partial charge in [-0.2, -0.15) is 4.98 Å². The number of halogens is 1. The molecule has 0 saturated carbocycles. The van der Waals surface area contributed by atoms with E-state index in [0.717, 1.165) is 5.56 Å². The van der Waals surface area contributed by atoms with Gasteiger partial charge in [-0.25, -0.2) is 4.68 Å². The SMILES string of the molecule is CC1=C(C(=O)Nc2ccccc2)C(c2ccco2)n2nc(SCc3ccccc3Cl)nc2N1. The summed E-state index contributed by atoms with van der Waals surface area (Å²) in [5.74, 6) is 1.54. The van der Waals surface area contributed by atoms with Crippen molar-refractivity contribution < 1.29 is 9.21 Å². The molecular weight excluding hydrogens is 458 g/mol. The van der Waals surface area contributed by atoms with Crippen LogP contribution in [-0.4, -0.2) is 20.7 Å². The standard InChI is InChI=1S/C24H20ClN5O2S/c1-15-20(22(31)27-17-9-3-2-4-10-17)21(19-12-7-13-32-19)30-23(26-15)28-24(29-30)33-14-16-8-5-6-11-18(16)25/h2-13,21H,14H2,1H3,(H,27,31)(H,26,28,29). The third-order valence-electron chi connectivity index (χ3n) is 5.24. The molecule has 1 aliphatic rings. The third kappa shape index (κ3) is 4.40. The van der Waals surface area contributed by atoms with Gasteiger partial charge in [-0.3, -0.25) is 4.79 Å². The molecule has 0 aliphatic carbocycles. The summed E-state index contributed by atoms with van der Waals surface area (Å²) >= 11 is 7.76. The van der Waals surface area contributed by atoms with E-state index < -0.39 is 6.04 Å². The average Bonchev–Trinajstić information content (AvgIpc) is 3.48. The zero-order valence-corrected chi connectivity index (χ0v) is 19.2. The van der Waals surface area contributed by atoms with E-state index in [1.54, 1.807) is 17.0 Å². The number of allylic oxidation sites excluding steroid dienone is 1. The summed E-state index contributed by atoms with van der Waals surface area (Å²) in [6, 6.07) is 20.1. The molecule has 0 bridgehead atoms. The Morgan fingerprint density at radius 3 is 2.70 bits per heavy atom. The molecule has 1 atom stereocenters. The minimum atomic E-state index is -0.554. The number of nitrogens with zero attached hydrogens (tertiary/aromatic N) is 3. The van der Waals surface area contributed by atoms with Crippen LogP contribution in [-0.2, 0) is 10.5 Å². The molecule has 9 heteroatoms. The van der Waals surface area contributed by atoms with Crippen LogP contribution in [0.15, 0.2) is 93.8 Å². The van der Waals surface area contributed by atoms with Crippen LogP contribution in [0.2, 0.25) is 5.02 Å². The molecule has 2 aromatic heterocycles. The Morgan fingerprint density at radius 1 is 1.15 bits per heavy atom. The third-order valence-corrected chi connectivity index (χ3v) is 6.49. The van der Waals surface area contributed by atoms with Crippen LogP contribution >= 0.6 is 23.4 Å². The molecule has 2 aromatic carbocycles. The van der Waals surface area contributed by atoms with Crippen molar-refractivity contribution in [3.8, 4) is 0 Å². The number of fused-ring (bicyclic) bond motifs is 1. The lowest BCUT2D eigenvalue weighted by Crippen LogP contribution is -2.31. The van der Waals surface area contributed by atoms with Gasteiger partial charge in [-0.15, -0.1) is 5.10 Å². The maximum absolute atomic E-state index is 13.3. The highest BCUT2D eigenvalue weighted by Crippen LogP contribution is 2.37. The van der Waals surface area contributed by atoms with Gasteiger partial charge < -0.3 is 15.1 Å². The predicted molar refractivity (Wildman–Crippen MR) is 129 cm³/mol. The highest BCUT2D eigenvalue weighted by atomic mass is 35.5. The maximum Gasteiger partial charge on any atom is 0.256 e. The number of aromatic nitrogens is 3. The summed E-state index contributed by atoms with van der Waals surface area (Å²) in [6.07, 6.45) is 1.59. The van der Waals surface area contributed by atoms with Crippen molar-refractivity contribution in [3.05, 3.63) is 101 Å². The molecule has 1 amide bonds. The summed E-state index contributed by atoms with van der Waals surface area (Å²) < 4.78 is 7.40. The van der Waals surface area contributed by atoms with Gasteiger partial charge in [0.25, 0.3) is 5.91 Å². The van der Waals surface area contributed by atoms with Crippen molar-refractivity contribution in [2.45, 2.75) is 23.9 Å². The van der Waals surface area contributed by atoms with E-state index in [0.29, 0.717) is 44.6 Å². The molecule has 33 heavy (non-hydrogen) atoms. The highest BCUT2D eigenvalue weighted by Gasteiger charge is 2.36. The normalized spacial score (nSPS) is 15.2. The summed E-state index contributed by atoms with van der Waals surface area (Å²) in [4.78, 5) is 18.0. The molecule has 7 nitrogen and oxygen atoms in total. The molecule has 0 saturated heterocycles. The van der Waals surface area contributed by atoms with Crippen molar-refractivity contribution in [1.82, 2.24) is 14.8 Å². The van der Waals surface area contributed by atoms with E-state index in [1.807, 2.05) is 67.6 Å². The van der Waals surface area contributed by atoms with Crippen LogP contribution in [0.3, 0.4) is 0 Å². The fourth-order valence-electron chi connectivity index (χ4n) is 3.67. The summed E-state index contributed by atoms with van der Waals surface area (Å²) in [5.41, 5.74) is 2.91. The van der Waals surface area contributed by atoms with E-state index in [2.05, 4.69) is 15.6 Å². The average molecular weight is 478 g/mol. The number of benzene rings is 2.